The summed E-state index contributed by atoms with van der Waals surface area (Å²) in [5, 5.41) is 14.4. The molecule has 22 heavy (non-hydrogen) atoms. The third-order valence-corrected chi connectivity index (χ3v) is 4.18. The Morgan fingerprint density at radius 1 is 1.27 bits per heavy atom. The Hall–Kier alpha value is -1.95. The Balaban J connectivity index is 1.58. The van der Waals surface area contributed by atoms with Gasteiger partial charge >= 0.3 is 0 Å². The maximum absolute atomic E-state index is 4.72. The number of aromatic nitrogens is 3. The van der Waals surface area contributed by atoms with E-state index in [1.54, 1.807) is 0 Å². The first-order valence-electron chi connectivity index (χ1n) is 8.00. The fourth-order valence-electron chi connectivity index (χ4n) is 2.87. The van der Waals surface area contributed by atoms with Gasteiger partial charge in [-0.15, -0.1) is 0 Å². The first-order chi connectivity index (χ1) is 10.8. The van der Waals surface area contributed by atoms with Crippen molar-refractivity contribution < 1.29 is 4.63 Å². The summed E-state index contributed by atoms with van der Waals surface area (Å²) in [7, 11) is 0. The molecule has 2 aromatic heterocycles. The molecule has 1 aliphatic rings. The molecule has 0 unspecified atom stereocenters. The van der Waals surface area contributed by atoms with Crippen LogP contribution in [0.4, 0.5) is 5.82 Å². The zero-order chi connectivity index (χ0) is 15.2. The number of aryl methyl sites for hydroxylation is 1. The lowest BCUT2D eigenvalue weighted by Crippen LogP contribution is -2.14. The highest BCUT2D eigenvalue weighted by Gasteiger charge is 2.13. The molecule has 1 saturated heterocycles. The number of pyridine rings is 1. The summed E-state index contributed by atoms with van der Waals surface area (Å²) < 4.78 is 4.70. The average Bonchev–Trinajstić information content (AvgIpc) is 2.77. The van der Waals surface area contributed by atoms with E-state index < -0.39 is 0 Å². The Bertz CT molecular complexity index is 590. The average molecular weight is 301 g/mol. The zero-order valence-electron chi connectivity index (χ0n) is 13.0. The molecule has 1 aliphatic heterocycles. The monoisotopic (exact) mass is 301 g/mol. The summed E-state index contributed by atoms with van der Waals surface area (Å²) in [6.45, 7) is 4.74. The smallest absolute Gasteiger partial charge is 0.127 e. The highest BCUT2D eigenvalue weighted by molar-refractivity contribution is 5.36. The molecule has 0 aliphatic carbocycles. The largest absolute Gasteiger partial charge is 0.364 e. The van der Waals surface area contributed by atoms with Crippen molar-refractivity contribution in [2.24, 2.45) is 5.92 Å². The van der Waals surface area contributed by atoms with E-state index in [1.807, 2.05) is 13.0 Å². The number of anilines is 1. The molecule has 0 saturated carbocycles. The number of rotatable bonds is 5. The molecule has 6 nitrogen and oxygen atoms in total. The summed E-state index contributed by atoms with van der Waals surface area (Å²) in [5.41, 5.74) is 2.79. The predicted molar refractivity (Wildman–Crippen MR) is 84.5 cm³/mol. The van der Waals surface area contributed by atoms with Gasteiger partial charge in [-0.25, -0.2) is 9.61 Å². The molecule has 2 N–H and O–H groups in total. The van der Waals surface area contributed by atoms with Crippen LogP contribution in [0.25, 0.3) is 0 Å². The molecule has 0 bridgehead atoms. The lowest BCUT2D eigenvalue weighted by atomic mass is 9.95. The molecule has 0 spiro atoms. The van der Waals surface area contributed by atoms with Crippen LogP contribution >= 0.6 is 0 Å². The quantitative estimate of drug-likeness (QED) is 0.882. The van der Waals surface area contributed by atoms with Crippen molar-refractivity contribution in [2.75, 3.05) is 18.4 Å². The summed E-state index contributed by atoms with van der Waals surface area (Å²) in [5.74, 6) is 1.62. The molecule has 6 heteroatoms. The molecule has 3 heterocycles. The minimum Gasteiger partial charge on any atom is -0.364 e. The summed E-state index contributed by atoms with van der Waals surface area (Å²) in [6.07, 6.45) is 4.85. The van der Waals surface area contributed by atoms with Crippen molar-refractivity contribution in [3.8, 4) is 0 Å². The van der Waals surface area contributed by atoms with Gasteiger partial charge in [-0.3, -0.25) is 0 Å². The van der Waals surface area contributed by atoms with Crippen LogP contribution in [-0.2, 0) is 13.0 Å². The third kappa shape index (κ3) is 4.04. The van der Waals surface area contributed by atoms with Crippen molar-refractivity contribution in [2.45, 2.75) is 39.2 Å². The summed E-state index contributed by atoms with van der Waals surface area (Å²) in [4.78, 5) is 4.72. The van der Waals surface area contributed by atoms with E-state index in [9.17, 15) is 0 Å². The SMILES string of the molecule is Cc1nonc1CNc1cccc(C[C@H]2CCCNCC2)n1. The number of nitrogens with zero attached hydrogens (tertiary/aromatic N) is 3. The van der Waals surface area contributed by atoms with Crippen molar-refractivity contribution in [3.05, 3.63) is 35.3 Å². The summed E-state index contributed by atoms with van der Waals surface area (Å²) in [6, 6.07) is 6.17. The molecule has 1 atom stereocenters. The van der Waals surface area contributed by atoms with Gasteiger partial charge in [0.2, 0.25) is 0 Å². The van der Waals surface area contributed by atoms with E-state index in [2.05, 4.69) is 33.1 Å². The molecule has 118 valence electrons. The highest BCUT2D eigenvalue weighted by Crippen LogP contribution is 2.19. The van der Waals surface area contributed by atoms with Crippen LogP contribution in [0.3, 0.4) is 0 Å². The normalized spacial score (nSPS) is 18.9. The van der Waals surface area contributed by atoms with E-state index in [0.717, 1.165) is 48.3 Å². The second-order valence-electron chi connectivity index (χ2n) is 5.92. The van der Waals surface area contributed by atoms with Crippen LogP contribution in [-0.4, -0.2) is 28.4 Å². The Morgan fingerprint density at radius 2 is 2.23 bits per heavy atom. The second-order valence-corrected chi connectivity index (χ2v) is 5.92. The van der Waals surface area contributed by atoms with Crippen molar-refractivity contribution in [3.63, 3.8) is 0 Å². The van der Waals surface area contributed by atoms with Gasteiger partial charge in [-0.05, 0) is 63.7 Å². The van der Waals surface area contributed by atoms with Gasteiger partial charge in [0.25, 0.3) is 0 Å². The Morgan fingerprint density at radius 3 is 3.09 bits per heavy atom. The van der Waals surface area contributed by atoms with E-state index in [0.29, 0.717) is 6.54 Å². The minimum atomic E-state index is 0.582. The van der Waals surface area contributed by atoms with E-state index in [4.69, 9.17) is 9.61 Å². The van der Waals surface area contributed by atoms with E-state index in [1.165, 1.54) is 19.3 Å². The molecule has 1 fully saturated rings. The van der Waals surface area contributed by atoms with Gasteiger partial charge in [-0.2, -0.15) is 0 Å². The third-order valence-electron chi connectivity index (χ3n) is 4.18. The van der Waals surface area contributed by atoms with Crippen LogP contribution in [0.5, 0.6) is 0 Å². The van der Waals surface area contributed by atoms with Gasteiger partial charge in [0.1, 0.15) is 17.2 Å². The number of nitrogens with one attached hydrogen (secondary N) is 2. The minimum absolute atomic E-state index is 0.582. The molecule has 0 amide bonds. The topological polar surface area (TPSA) is 75.9 Å². The molecule has 2 aromatic rings. The highest BCUT2D eigenvalue weighted by atomic mass is 16.6. The molecule has 3 rings (SSSR count). The van der Waals surface area contributed by atoms with Crippen molar-refractivity contribution in [1.82, 2.24) is 20.6 Å². The second kappa shape index (κ2) is 7.35. The Labute approximate surface area is 130 Å². The van der Waals surface area contributed by atoms with Crippen LogP contribution in [0.1, 0.15) is 36.3 Å². The van der Waals surface area contributed by atoms with Crippen molar-refractivity contribution >= 4 is 5.82 Å². The molecule has 0 aromatic carbocycles. The molecule has 0 radical (unpaired) electrons. The lowest BCUT2D eigenvalue weighted by molar-refractivity contribution is 0.301. The van der Waals surface area contributed by atoms with E-state index in [-0.39, 0.29) is 0 Å². The van der Waals surface area contributed by atoms with Gasteiger partial charge in [0.05, 0.1) is 6.54 Å². The standard InChI is InChI=1S/C16H23N5O/c1-12-15(21-22-20-12)11-18-16-6-2-5-14(19-16)10-13-4-3-8-17-9-7-13/h2,5-6,13,17H,3-4,7-11H2,1H3,(H,18,19)/t13-/m0/s1. The first-order valence-corrected chi connectivity index (χ1v) is 8.00. The maximum Gasteiger partial charge on any atom is 0.127 e. The predicted octanol–water partition coefficient (Wildman–Crippen LogP) is 2.32. The maximum atomic E-state index is 4.72. The van der Waals surface area contributed by atoms with Gasteiger partial charge in [0.15, 0.2) is 0 Å². The molecular weight excluding hydrogens is 278 g/mol. The summed E-state index contributed by atoms with van der Waals surface area (Å²) >= 11 is 0. The number of hydrogen-bond acceptors (Lipinski definition) is 6. The lowest BCUT2D eigenvalue weighted by Gasteiger charge is -2.13. The van der Waals surface area contributed by atoms with Crippen LogP contribution in [0.15, 0.2) is 22.8 Å². The molecular formula is C16H23N5O. The zero-order valence-corrected chi connectivity index (χ0v) is 13.0. The van der Waals surface area contributed by atoms with E-state index >= 15 is 0 Å². The fourth-order valence-corrected chi connectivity index (χ4v) is 2.87. The van der Waals surface area contributed by atoms with Crippen LogP contribution < -0.4 is 10.6 Å². The van der Waals surface area contributed by atoms with Crippen LogP contribution in [0, 0.1) is 12.8 Å². The Kier molecular flexibility index (Phi) is 5.00. The van der Waals surface area contributed by atoms with Crippen LogP contribution in [0.2, 0.25) is 0 Å². The first kappa shape index (κ1) is 15.0. The van der Waals surface area contributed by atoms with Gasteiger partial charge < -0.3 is 10.6 Å². The fraction of sp³-hybridized carbons (Fsp3) is 0.562. The number of hydrogen-bond donors (Lipinski definition) is 2. The van der Waals surface area contributed by atoms with Crippen molar-refractivity contribution in [1.29, 1.82) is 0 Å². The van der Waals surface area contributed by atoms with Gasteiger partial charge in [-0.1, -0.05) is 16.4 Å². The van der Waals surface area contributed by atoms with Gasteiger partial charge in [0, 0.05) is 5.69 Å².